The van der Waals surface area contributed by atoms with Gasteiger partial charge in [-0.05, 0) is 35.7 Å². The van der Waals surface area contributed by atoms with E-state index in [9.17, 15) is 4.79 Å². The fraction of sp³-hybridized carbons (Fsp3) is 0.312. The van der Waals surface area contributed by atoms with Crippen LogP contribution in [0.3, 0.4) is 0 Å². The second-order valence-electron chi connectivity index (χ2n) is 5.04. The number of carbonyl (C=O) groups excluding carboxylic acids is 1. The average Bonchev–Trinajstić information content (AvgIpc) is 2.47. The van der Waals surface area contributed by atoms with Gasteiger partial charge in [0.05, 0.1) is 0 Å². The van der Waals surface area contributed by atoms with Gasteiger partial charge in [-0.2, -0.15) is 0 Å². The van der Waals surface area contributed by atoms with Gasteiger partial charge in [-0.3, -0.25) is 4.79 Å². The Morgan fingerprint density at radius 3 is 2.42 bits per heavy atom. The maximum absolute atomic E-state index is 12.5. The summed E-state index contributed by atoms with van der Waals surface area (Å²) < 4.78 is 5.30. The van der Waals surface area contributed by atoms with Gasteiger partial charge in [-0.15, -0.1) is 0 Å². The van der Waals surface area contributed by atoms with Crippen molar-refractivity contribution in [3.05, 3.63) is 42.0 Å². The van der Waals surface area contributed by atoms with Crippen molar-refractivity contribution in [3.63, 3.8) is 0 Å². The summed E-state index contributed by atoms with van der Waals surface area (Å²) in [4.78, 5) is 12.5. The van der Waals surface area contributed by atoms with Gasteiger partial charge >= 0.3 is 0 Å². The Morgan fingerprint density at radius 2 is 1.74 bits per heavy atom. The SMILES string of the molecule is Nc1cc2ccccc2cc1C(=O)C1CCOCC1. The summed E-state index contributed by atoms with van der Waals surface area (Å²) in [5.74, 6) is 0.212. The Labute approximate surface area is 112 Å². The van der Waals surface area contributed by atoms with Gasteiger partial charge in [0.2, 0.25) is 0 Å². The minimum absolute atomic E-state index is 0.0530. The van der Waals surface area contributed by atoms with Crippen LogP contribution in [0.15, 0.2) is 36.4 Å². The second-order valence-corrected chi connectivity index (χ2v) is 5.04. The molecule has 2 N–H and O–H groups in total. The molecule has 0 bridgehead atoms. The molecular formula is C16H17NO2. The third-order valence-electron chi connectivity index (χ3n) is 3.78. The zero-order valence-electron chi connectivity index (χ0n) is 10.8. The number of nitrogens with two attached hydrogens (primary N) is 1. The summed E-state index contributed by atoms with van der Waals surface area (Å²) >= 11 is 0. The lowest BCUT2D eigenvalue weighted by Crippen LogP contribution is -2.24. The molecule has 1 saturated heterocycles. The van der Waals surface area contributed by atoms with E-state index in [-0.39, 0.29) is 11.7 Å². The third kappa shape index (κ3) is 2.34. The first-order valence-electron chi connectivity index (χ1n) is 6.66. The van der Waals surface area contributed by atoms with Crippen molar-refractivity contribution in [2.75, 3.05) is 18.9 Å². The van der Waals surface area contributed by atoms with Crippen molar-refractivity contribution in [3.8, 4) is 0 Å². The van der Waals surface area contributed by atoms with Gasteiger partial charge in [0.15, 0.2) is 5.78 Å². The number of ether oxygens (including phenoxy) is 1. The Balaban J connectivity index is 1.99. The molecule has 0 aliphatic carbocycles. The van der Waals surface area contributed by atoms with E-state index in [4.69, 9.17) is 10.5 Å². The summed E-state index contributed by atoms with van der Waals surface area (Å²) in [6.07, 6.45) is 1.59. The summed E-state index contributed by atoms with van der Waals surface area (Å²) in [5.41, 5.74) is 7.28. The summed E-state index contributed by atoms with van der Waals surface area (Å²) in [6.45, 7) is 1.34. The maximum Gasteiger partial charge on any atom is 0.168 e. The number of hydrogen-bond donors (Lipinski definition) is 1. The van der Waals surface area contributed by atoms with Crippen molar-refractivity contribution in [2.45, 2.75) is 12.8 Å². The third-order valence-corrected chi connectivity index (χ3v) is 3.78. The molecule has 0 radical (unpaired) electrons. The number of anilines is 1. The highest BCUT2D eigenvalue weighted by atomic mass is 16.5. The van der Waals surface area contributed by atoms with E-state index in [0.29, 0.717) is 24.5 Å². The van der Waals surface area contributed by atoms with Gasteiger partial charge < -0.3 is 10.5 Å². The van der Waals surface area contributed by atoms with Crippen molar-refractivity contribution < 1.29 is 9.53 Å². The molecule has 1 aliphatic rings. The molecule has 3 heteroatoms. The van der Waals surface area contributed by atoms with E-state index in [1.54, 1.807) is 0 Å². The molecule has 0 aromatic heterocycles. The normalized spacial score (nSPS) is 16.6. The molecule has 0 saturated carbocycles. The lowest BCUT2D eigenvalue weighted by atomic mass is 9.89. The largest absolute Gasteiger partial charge is 0.398 e. The predicted octanol–water partition coefficient (Wildman–Crippen LogP) is 3.03. The summed E-state index contributed by atoms with van der Waals surface area (Å²) in [7, 11) is 0. The quantitative estimate of drug-likeness (QED) is 0.663. The molecule has 3 rings (SSSR count). The van der Waals surface area contributed by atoms with Gasteiger partial charge in [0, 0.05) is 30.4 Å². The minimum atomic E-state index is 0.0530. The molecule has 1 aliphatic heterocycles. The first kappa shape index (κ1) is 12.2. The van der Waals surface area contributed by atoms with Crippen LogP contribution in [0.25, 0.3) is 10.8 Å². The van der Waals surface area contributed by atoms with Crippen molar-refractivity contribution >= 4 is 22.2 Å². The lowest BCUT2D eigenvalue weighted by molar-refractivity contribution is 0.0545. The van der Waals surface area contributed by atoms with Gasteiger partial charge in [-0.25, -0.2) is 0 Å². The molecule has 2 aromatic carbocycles. The molecule has 98 valence electrons. The molecule has 19 heavy (non-hydrogen) atoms. The predicted molar refractivity (Wildman–Crippen MR) is 76.2 cm³/mol. The molecule has 0 unspecified atom stereocenters. The van der Waals surface area contributed by atoms with Crippen LogP contribution in [0.5, 0.6) is 0 Å². The minimum Gasteiger partial charge on any atom is -0.398 e. The van der Waals surface area contributed by atoms with Gasteiger partial charge in [0.25, 0.3) is 0 Å². The van der Waals surface area contributed by atoms with Crippen molar-refractivity contribution in [1.29, 1.82) is 0 Å². The molecule has 0 atom stereocenters. The van der Waals surface area contributed by atoms with Crippen LogP contribution in [-0.2, 0) is 4.74 Å². The van der Waals surface area contributed by atoms with E-state index < -0.39 is 0 Å². The highest BCUT2D eigenvalue weighted by molar-refractivity contribution is 6.06. The van der Waals surface area contributed by atoms with E-state index in [1.807, 2.05) is 36.4 Å². The van der Waals surface area contributed by atoms with Crippen LogP contribution in [0.2, 0.25) is 0 Å². The standard InChI is InChI=1S/C16H17NO2/c17-15-10-13-4-2-1-3-12(13)9-14(15)16(18)11-5-7-19-8-6-11/h1-4,9-11H,5-8,17H2. The van der Waals surface area contributed by atoms with Gasteiger partial charge in [-0.1, -0.05) is 24.3 Å². The van der Waals surface area contributed by atoms with Gasteiger partial charge in [0.1, 0.15) is 0 Å². The first-order chi connectivity index (χ1) is 9.25. The van der Waals surface area contributed by atoms with Crippen LogP contribution < -0.4 is 5.73 Å². The van der Waals surface area contributed by atoms with Crippen LogP contribution in [0, 0.1) is 5.92 Å². The number of carbonyl (C=O) groups is 1. The topological polar surface area (TPSA) is 52.3 Å². The van der Waals surface area contributed by atoms with Crippen LogP contribution >= 0.6 is 0 Å². The highest BCUT2D eigenvalue weighted by Gasteiger charge is 2.24. The Bertz CT molecular complexity index is 615. The average molecular weight is 255 g/mol. The van der Waals surface area contributed by atoms with Crippen LogP contribution in [0.4, 0.5) is 5.69 Å². The monoisotopic (exact) mass is 255 g/mol. The van der Waals surface area contributed by atoms with Crippen LogP contribution in [-0.4, -0.2) is 19.0 Å². The van der Waals surface area contributed by atoms with E-state index in [0.717, 1.165) is 23.6 Å². The Kier molecular flexibility index (Phi) is 3.22. The zero-order valence-corrected chi connectivity index (χ0v) is 10.8. The number of hydrogen-bond acceptors (Lipinski definition) is 3. The summed E-state index contributed by atoms with van der Waals surface area (Å²) in [5, 5.41) is 2.13. The number of nitrogen functional groups attached to an aromatic ring is 1. The molecule has 0 spiro atoms. The number of fused-ring (bicyclic) bond motifs is 1. The number of benzene rings is 2. The first-order valence-corrected chi connectivity index (χ1v) is 6.66. The molecule has 2 aromatic rings. The zero-order chi connectivity index (χ0) is 13.2. The Hall–Kier alpha value is -1.87. The Morgan fingerprint density at radius 1 is 1.11 bits per heavy atom. The fourth-order valence-corrected chi connectivity index (χ4v) is 2.65. The number of Topliss-reactive ketones (excluding diaryl/α,β-unsaturated/α-hetero) is 1. The van der Waals surface area contributed by atoms with Crippen molar-refractivity contribution in [2.24, 2.45) is 5.92 Å². The number of ketones is 1. The fourth-order valence-electron chi connectivity index (χ4n) is 2.65. The molecule has 1 heterocycles. The van der Waals surface area contributed by atoms with Crippen LogP contribution in [0.1, 0.15) is 23.2 Å². The molecule has 3 nitrogen and oxygen atoms in total. The highest BCUT2D eigenvalue weighted by Crippen LogP contribution is 2.27. The van der Waals surface area contributed by atoms with E-state index >= 15 is 0 Å². The van der Waals surface area contributed by atoms with E-state index in [2.05, 4.69) is 0 Å². The smallest absolute Gasteiger partial charge is 0.168 e. The van der Waals surface area contributed by atoms with Crippen molar-refractivity contribution in [1.82, 2.24) is 0 Å². The lowest BCUT2D eigenvalue weighted by Gasteiger charge is -2.21. The summed E-state index contributed by atoms with van der Waals surface area (Å²) in [6, 6.07) is 11.8. The van der Waals surface area contributed by atoms with E-state index in [1.165, 1.54) is 0 Å². The molecule has 1 fully saturated rings. The number of rotatable bonds is 2. The maximum atomic E-state index is 12.5. The molecular weight excluding hydrogens is 238 g/mol. The molecule has 0 amide bonds. The second kappa shape index (κ2) is 5.02.